The Morgan fingerprint density at radius 3 is 2.27 bits per heavy atom. The molecule has 4 aromatic heterocycles. The van der Waals surface area contributed by atoms with Gasteiger partial charge in [0.15, 0.2) is 5.58 Å². The van der Waals surface area contributed by atoms with Crippen LogP contribution >= 0.6 is 0 Å². The number of nitrogens with zero attached hydrogens (tertiary/aromatic N) is 3. The maximum atomic E-state index is 5.79. The first-order valence-electron chi connectivity index (χ1n) is 14.5. The number of furan rings is 1. The molecule has 0 N–H and O–H groups in total. The van der Waals surface area contributed by atoms with Crippen molar-refractivity contribution in [1.82, 2.24) is 15.0 Å². The van der Waals surface area contributed by atoms with Crippen molar-refractivity contribution in [3.63, 3.8) is 0 Å². The van der Waals surface area contributed by atoms with Crippen LogP contribution < -0.4 is 0 Å². The van der Waals surface area contributed by atoms with Crippen LogP contribution in [-0.2, 0) is 26.5 Å². The summed E-state index contributed by atoms with van der Waals surface area (Å²) in [5.74, 6) is 0. The molecule has 0 aliphatic carbocycles. The standard InChI is InChI=1S/C22H22N.C17H11N2O.Ir/c1-22(2,3)16-17-9-11-18(12-10-17)20-13-14-23-21(15-20)19-7-5-4-6-8-19;1-11-6-7-18-9-14(11)15-8-13-12-4-2-3-5-16(12)20-17(13)10-19-15;/h4-7,9-15H,16H2,1-3H3;2-8,10H,1H3;/q2*-1;. The van der Waals surface area contributed by atoms with Gasteiger partial charge in [0.2, 0.25) is 0 Å². The van der Waals surface area contributed by atoms with Crippen molar-refractivity contribution in [2.45, 2.75) is 34.1 Å². The molecular weight excluding hydrogens is 719 g/mol. The molecule has 0 aliphatic rings. The van der Waals surface area contributed by atoms with E-state index < -0.39 is 0 Å². The van der Waals surface area contributed by atoms with Gasteiger partial charge in [-0.25, -0.2) is 0 Å². The van der Waals surface area contributed by atoms with Crippen molar-refractivity contribution in [2.24, 2.45) is 5.41 Å². The topological polar surface area (TPSA) is 51.8 Å². The first-order valence-corrected chi connectivity index (χ1v) is 14.5. The van der Waals surface area contributed by atoms with Crippen LogP contribution in [0, 0.1) is 24.6 Å². The van der Waals surface area contributed by atoms with Crippen LogP contribution in [0.5, 0.6) is 0 Å². The molecule has 4 nitrogen and oxygen atoms in total. The molecule has 0 saturated heterocycles. The summed E-state index contributed by atoms with van der Waals surface area (Å²) in [6.07, 6.45) is 9.49. The summed E-state index contributed by atoms with van der Waals surface area (Å²) in [6, 6.07) is 36.3. The normalized spacial score (nSPS) is 11.1. The van der Waals surface area contributed by atoms with E-state index in [0.717, 1.165) is 56.4 Å². The number of fused-ring (bicyclic) bond motifs is 3. The summed E-state index contributed by atoms with van der Waals surface area (Å²) in [6.45, 7) is 8.85. The molecule has 5 heteroatoms. The Hall–Kier alpha value is -4.44. The molecular formula is C39H33IrN3O-2. The fraction of sp³-hybridized carbons (Fsp3) is 0.154. The molecule has 0 atom stereocenters. The third-order valence-electron chi connectivity index (χ3n) is 7.26. The van der Waals surface area contributed by atoms with Crippen LogP contribution in [0.1, 0.15) is 31.9 Å². The molecule has 44 heavy (non-hydrogen) atoms. The molecule has 0 saturated carbocycles. The van der Waals surface area contributed by atoms with E-state index in [1.165, 1.54) is 16.7 Å². The number of benzene rings is 3. The van der Waals surface area contributed by atoms with Gasteiger partial charge in [0.05, 0.1) is 6.20 Å². The summed E-state index contributed by atoms with van der Waals surface area (Å²) < 4.78 is 5.79. The summed E-state index contributed by atoms with van der Waals surface area (Å²) in [5.41, 5.74) is 10.7. The van der Waals surface area contributed by atoms with Gasteiger partial charge < -0.3 is 19.4 Å². The maximum absolute atomic E-state index is 5.79. The average molecular weight is 752 g/mol. The molecule has 0 unspecified atom stereocenters. The molecule has 7 aromatic rings. The predicted molar refractivity (Wildman–Crippen MR) is 175 cm³/mol. The van der Waals surface area contributed by atoms with Crippen LogP contribution in [0.25, 0.3) is 55.6 Å². The van der Waals surface area contributed by atoms with E-state index in [1.54, 1.807) is 12.4 Å². The Balaban J connectivity index is 0.000000172. The van der Waals surface area contributed by atoms with Gasteiger partial charge in [0.25, 0.3) is 0 Å². The molecule has 1 radical (unpaired) electrons. The Labute approximate surface area is 272 Å². The molecule has 4 heterocycles. The van der Waals surface area contributed by atoms with Crippen LogP contribution in [-0.4, -0.2) is 15.0 Å². The quantitative estimate of drug-likeness (QED) is 0.168. The van der Waals surface area contributed by atoms with E-state index in [4.69, 9.17) is 4.42 Å². The molecule has 221 valence electrons. The molecule has 0 aliphatic heterocycles. The Morgan fingerprint density at radius 1 is 0.727 bits per heavy atom. The number of aryl methyl sites for hydroxylation is 1. The molecule has 3 aromatic carbocycles. The molecule has 0 bridgehead atoms. The summed E-state index contributed by atoms with van der Waals surface area (Å²) in [7, 11) is 0. The number of hydrogen-bond donors (Lipinski definition) is 0. The largest absolute Gasteiger partial charge is 0.455 e. The SMILES string of the molecule is CC(C)(C)Cc1ccc(-c2ccnc(-c3[c-]cccc3)c2)cc1.Cc1ccn[c-]c1-c1cc2c(cn1)oc1ccccc12.[Ir]. The van der Waals surface area contributed by atoms with Crippen molar-refractivity contribution >= 4 is 21.9 Å². The molecule has 0 fully saturated rings. The summed E-state index contributed by atoms with van der Waals surface area (Å²) in [5, 5.41) is 2.18. The third kappa shape index (κ3) is 7.19. The summed E-state index contributed by atoms with van der Waals surface area (Å²) in [4.78, 5) is 13.0. The molecule has 0 spiro atoms. The second-order valence-corrected chi connectivity index (χ2v) is 11.9. The predicted octanol–water partition coefficient (Wildman–Crippen LogP) is 9.95. The minimum atomic E-state index is 0. The van der Waals surface area contributed by atoms with Gasteiger partial charge in [-0.2, -0.15) is 0 Å². The summed E-state index contributed by atoms with van der Waals surface area (Å²) >= 11 is 0. The van der Waals surface area contributed by atoms with Crippen molar-refractivity contribution in [3.8, 4) is 33.6 Å². The Kier molecular flexibility index (Phi) is 9.49. The number of pyridine rings is 3. The second-order valence-electron chi connectivity index (χ2n) is 11.9. The van der Waals surface area contributed by atoms with Crippen molar-refractivity contribution in [3.05, 3.63) is 139 Å². The zero-order valence-electron chi connectivity index (χ0n) is 25.3. The minimum absolute atomic E-state index is 0. The second kappa shape index (κ2) is 13.5. The zero-order chi connectivity index (χ0) is 29.8. The van der Waals surface area contributed by atoms with E-state index in [1.807, 2.05) is 67.7 Å². The van der Waals surface area contributed by atoms with Crippen molar-refractivity contribution in [2.75, 3.05) is 0 Å². The fourth-order valence-corrected chi connectivity index (χ4v) is 5.19. The van der Waals surface area contributed by atoms with Crippen LogP contribution in [0.3, 0.4) is 0 Å². The van der Waals surface area contributed by atoms with Gasteiger partial charge in [0, 0.05) is 37.1 Å². The molecule has 7 rings (SSSR count). The van der Waals surface area contributed by atoms with Gasteiger partial charge in [-0.05, 0) is 58.2 Å². The smallest absolute Gasteiger partial charge is 0.151 e. The van der Waals surface area contributed by atoms with Crippen LogP contribution in [0.4, 0.5) is 0 Å². The number of hydrogen-bond acceptors (Lipinski definition) is 4. The van der Waals surface area contributed by atoms with E-state index in [-0.39, 0.29) is 20.1 Å². The third-order valence-corrected chi connectivity index (χ3v) is 7.26. The van der Waals surface area contributed by atoms with Crippen molar-refractivity contribution < 1.29 is 24.5 Å². The monoisotopic (exact) mass is 752 g/mol. The maximum Gasteiger partial charge on any atom is 0.151 e. The van der Waals surface area contributed by atoms with Crippen LogP contribution in [0.15, 0.2) is 120 Å². The van der Waals surface area contributed by atoms with Gasteiger partial charge in [-0.15, -0.1) is 53.1 Å². The number of aromatic nitrogens is 3. The minimum Gasteiger partial charge on any atom is -0.455 e. The van der Waals surface area contributed by atoms with Gasteiger partial charge in [-0.3, -0.25) is 0 Å². The zero-order valence-corrected chi connectivity index (χ0v) is 27.7. The van der Waals surface area contributed by atoms with Crippen LogP contribution in [0.2, 0.25) is 0 Å². The van der Waals surface area contributed by atoms with Gasteiger partial charge >= 0.3 is 0 Å². The van der Waals surface area contributed by atoms with E-state index in [9.17, 15) is 0 Å². The van der Waals surface area contributed by atoms with E-state index in [2.05, 4.69) is 90.5 Å². The fourth-order valence-electron chi connectivity index (χ4n) is 5.19. The van der Waals surface area contributed by atoms with Gasteiger partial charge in [0.1, 0.15) is 5.58 Å². The van der Waals surface area contributed by atoms with Crippen molar-refractivity contribution in [1.29, 1.82) is 0 Å². The van der Waals surface area contributed by atoms with E-state index in [0.29, 0.717) is 5.41 Å². The van der Waals surface area contributed by atoms with E-state index >= 15 is 0 Å². The molecule has 0 amide bonds. The Morgan fingerprint density at radius 2 is 1.52 bits per heavy atom. The first kappa shape index (κ1) is 31.0. The van der Waals surface area contributed by atoms with Gasteiger partial charge in [-0.1, -0.05) is 88.5 Å². The number of para-hydroxylation sites is 1. The average Bonchev–Trinajstić information content (AvgIpc) is 3.40. The number of rotatable bonds is 4. The Bertz CT molecular complexity index is 1990. The first-order chi connectivity index (χ1) is 20.8.